The van der Waals surface area contributed by atoms with Gasteiger partial charge in [0, 0.05) is 29.8 Å². The topological polar surface area (TPSA) is 157 Å². The molecule has 0 saturated carbocycles. The summed E-state index contributed by atoms with van der Waals surface area (Å²) in [6.07, 6.45) is -1.65. The molecule has 194 valence electrons. The van der Waals surface area contributed by atoms with Gasteiger partial charge in [0.1, 0.15) is 17.4 Å². The fraction of sp³-hybridized carbons (Fsp3) is 0.400. The van der Waals surface area contributed by atoms with Crippen molar-refractivity contribution in [2.24, 2.45) is 5.92 Å². The molecule has 0 aliphatic rings. The lowest BCUT2D eigenvalue weighted by atomic mass is 10.0. The molecule has 2 aromatic rings. The summed E-state index contributed by atoms with van der Waals surface area (Å²) in [5.41, 5.74) is 0.606. The van der Waals surface area contributed by atoms with Gasteiger partial charge in [-0.2, -0.15) is 0 Å². The number of nitro benzene ring substituents is 1. The van der Waals surface area contributed by atoms with Crippen LogP contribution in [0.2, 0.25) is 0 Å². The Morgan fingerprint density at radius 1 is 1.08 bits per heavy atom. The number of anilines is 1. The molecule has 0 heterocycles. The Morgan fingerprint density at radius 3 is 2.25 bits per heavy atom. The van der Waals surface area contributed by atoms with Crippen LogP contribution in [0.4, 0.5) is 21.0 Å². The van der Waals surface area contributed by atoms with E-state index in [1.54, 1.807) is 45.0 Å². The molecule has 36 heavy (non-hydrogen) atoms. The lowest BCUT2D eigenvalue weighted by Crippen LogP contribution is -2.46. The van der Waals surface area contributed by atoms with E-state index in [9.17, 15) is 24.5 Å². The average Bonchev–Trinajstić information content (AvgIpc) is 2.73. The molecule has 0 aromatic heterocycles. The highest BCUT2D eigenvalue weighted by Crippen LogP contribution is 2.27. The molecule has 11 heteroatoms. The summed E-state index contributed by atoms with van der Waals surface area (Å²) in [5, 5.41) is 25.4. The molecule has 0 saturated heterocycles. The predicted octanol–water partition coefficient (Wildman–Crippen LogP) is 5.12. The van der Waals surface area contributed by atoms with E-state index >= 15 is 0 Å². The van der Waals surface area contributed by atoms with Crippen molar-refractivity contribution in [2.75, 3.05) is 5.32 Å². The molecule has 0 bridgehead atoms. The van der Waals surface area contributed by atoms with Gasteiger partial charge in [-0.05, 0) is 56.9 Å². The monoisotopic (exact) mass is 501 g/mol. The highest BCUT2D eigenvalue weighted by Gasteiger charge is 2.25. The molecule has 0 fully saturated rings. The summed E-state index contributed by atoms with van der Waals surface area (Å²) in [6.45, 7) is 9.06. The van der Waals surface area contributed by atoms with Gasteiger partial charge in [-0.3, -0.25) is 14.9 Å². The maximum atomic E-state index is 12.9. The van der Waals surface area contributed by atoms with E-state index in [0.29, 0.717) is 23.2 Å². The Morgan fingerprint density at radius 2 is 1.72 bits per heavy atom. The normalized spacial score (nSPS) is 11.9. The maximum Gasteiger partial charge on any atom is 0.511 e. The number of amides is 2. The number of carboxylic acid groups (broad SMARTS) is 1. The second-order valence-electron chi connectivity index (χ2n) is 9.61. The van der Waals surface area contributed by atoms with Crippen LogP contribution in [0.1, 0.15) is 52.2 Å². The van der Waals surface area contributed by atoms with Crippen LogP contribution >= 0.6 is 0 Å². The molecule has 0 spiro atoms. The molecule has 2 rings (SSSR count). The van der Waals surface area contributed by atoms with E-state index in [1.165, 1.54) is 18.2 Å². The lowest BCUT2D eigenvalue weighted by Gasteiger charge is -2.24. The molecule has 2 aromatic carbocycles. The molecule has 11 nitrogen and oxygen atoms in total. The predicted molar refractivity (Wildman–Crippen MR) is 132 cm³/mol. The van der Waals surface area contributed by atoms with Gasteiger partial charge >= 0.3 is 12.2 Å². The summed E-state index contributed by atoms with van der Waals surface area (Å²) in [4.78, 5) is 46.5. The summed E-state index contributed by atoms with van der Waals surface area (Å²) in [6, 6.07) is 9.52. The Hall–Kier alpha value is -4.15. The van der Waals surface area contributed by atoms with Gasteiger partial charge < -0.3 is 25.2 Å². The Balaban J connectivity index is 2.14. The molecular formula is C25H31N3O8. The minimum atomic E-state index is -1.53. The van der Waals surface area contributed by atoms with Gasteiger partial charge in [-0.1, -0.05) is 26.0 Å². The SMILES string of the molecule is CC(C)C[C@H](NC(=O)OC(C)(C)C)C(=O)Nc1ccc(Cc2cc([N+](=O)[O-])ccc2OC(=O)O)cc1. The van der Waals surface area contributed by atoms with Crippen molar-refractivity contribution in [2.45, 2.75) is 59.1 Å². The van der Waals surface area contributed by atoms with Crippen molar-refractivity contribution in [3.05, 3.63) is 63.7 Å². The fourth-order valence-corrected chi connectivity index (χ4v) is 3.32. The molecule has 1 atom stereocenters. The molecule has 0 aliphatic carbocycles. The summed E-state index contributed by atoms with van der Waals surface area (Å²) in [5.74, 6) is -0.274. The number of hydrogen-bond acceptors (Lipinski definition) is 7. The molecule has 0 aliphatic heterocycles. The van der Waals surface area contributed by atoms with Crippen molar-refractivity contribution in [3.8, 4) is 5.75 Å². The van der Waals surface area contributed by atoms with Crippen molar-refractivity contribution in [1.29, 1.82) is 0 Å². The largest absolute Gasteiger partial charge is 0.511 e. The van der Waals surface area contributed by atoms with E-state index in [0.717, 1.165) is 0 Å². The number of non-ortho nitro benzene ring substituents is 1. The first-order chi connectivity index (χ1) is 16.7. The van der Waals surface area contributed by atoms with Crippen LogP contribution in [-0.2, 0) is 16.0 Å². The lowest BCUT2D eigenvalue weighted by molar-refractivity contribution is -0.384. The number of hydrogen-bond donors (Lipinski definition) is 3. The number of nitrogens with one attached hydrogen (secondary N) is 2. The number of carbonyl (C=O) groups excluding carboxylic acids is 2. The number of alkyl carbamates (subject to hydrolysis) is 1. The zero-order valence-corrected chi connectivity index (χ0v) is 20.9. The highest BCUT2D eigenvalue weighted by molar-refractivity contribution is 5.96. The van der Waals surface area contributed by atoms with Crippen LogP contribution in [0.5, 0.6) is 5.75 Å². The highest BCUT2D eigenvalue weighted by atomic mass is 16.7. The van der Waals surface area contributed by atoms with E-state index in [-0.39, 0.29) is 23.8 Å². The van der Waals surface area contributed by atoms with E-state index in [4.69, 9.17) is 14.6 Å². The van der Waals surface area contributed by atoms with Crippen molar-refractivity contribution < 1.29 is 33.9 Å². The van der Waals surface area contributed by atoms with Gasteiger partial charge in [0.2, 0.25) is 5.91 Å². The van der Waals surface area contributed by atoms with Crippen LogP contribution in [-0.4, -0.2) is 39.8 Å². The van der Waals surface area contributed by atoms with Crippen LogP contribution in [0.3, 0.4) is 0 Å². The van der Waals surface area contributed by atoms with Crippen LogP contribution in [0, 0.1) is 16.0 Å². The minimum absolute atomic E-state index is 0.00442. The second-order valence-corrected chi connectivity index (χ2v) is 9.61. The Kier molecular flexibility index (Phi) is 9.37. The number of ether oxygens (including phenoxy) is 2. The van der Waals surface area contributed by atoms with E-state index < -0.39 is 34.7 Å². The maximum absolute atomic E-state index is 12.9. The average molecular weight is 502 g/mol. The molecule has 2 amide bonds. The van der Waals surface area contributed by atoms with Gasteiger partial charge in [0.05, 0.1) is 4.92 Å². The van der Waals surface area contributed by atoms with Gasteiger partial charge in [0.25, 0.3) is 5.69 Å². The van der Waals surface area contributed by atoms with Crippen LogP contribution in [0.25, 0.3) is 0 Å². The van der Waals surface area contributed by atoms with Gasteiger partial charge in [0.15, 0.2) is 0 Å². The first kappa shape index (κ1) is 28.1. The van der Waals surface area contributed by atoms with Crippen LogP contribution in [0.15, 0.2) is 42.5 Å². The fourth-order valence-electron chi connectivity index (χ4n) is 3.32. The van der Waals surface area contributed by atoms with Crippen LogP contribution < -0.4 is 15.4 Å². The first-order valence-electron chi connectivity index (χ1n) is 11.3. The first-order valence-corrected chi connectivity index (χ1v) is 11.3. The Bertz CT molecular complexity index is 1110. The molecule has 0 radical (unpaired) electrons. The third-order valence-corrected chi connectivity index (χ3v) is 4.78. The van der Waals surface area contributed by atoms with Crippen molar-refractivity contribution >= 4 is 29.5 Å². The standard InChI is InChI=1S/C25H31N3O8/c1-15(2)12-20(27-23(30)36-25(3,4)5)22(29)26-18-8-6-16(7-9-18)13-17-14-19(28(33)34)10-11-21(17)35-24(31)32/h6-11,14-15,20H,12-13H2,1-5H3,(H,26,29)(H,27,30)(H,31,32)/t20-/m0/s1. The minimum Gasteiger partial charge on any atom is -0.449 e. The molecule has 3 N–H and O–H groups in total. The third-order valence-electron chi connectivity index (χ3n) is 4.78. The quantitative estimate of drug-likeness (QED) is 0.185. The number of carbonyl (C=O) groups is 3. The molecule has 0 unspecified atom stereocenters. The second kappa shape index (κ2) is 12.0. The zero-order valence-electron chi connectivity index (χ0n) is 20.9. The zero-order chi connectivity index (χ0) is 27.0. The number of benzene rings is 2. The summed E-state index contributed by atoms with van der Waals surface area (Å²) < 4.78 is 10.0. The number of rotatable bonds is 9. The van der Waals surface area contributed by atoms with Crippen molar-refractivity contribution in [1.82, 2.24) is 5.32 Å². The smallest absolute Gasteiger partial charge is 0.449 e. The number of nitrogens with zero attached hydrogens (tertiary/aromatic N) is 1. The van der Waals surface area contributed by atoms with Crippen molar-refractivity contribution in [3.63, 3.8) is 0 Å². The summed E-state index contributed by atoms with van der Waals surface area (Å²) in [7, 11) is 0. The van der Waals surface area contributed by atoms with Gasteiger partial charge in [-0.15, -0.1) is 0 Å². The molecular weight excluding hydrogens is 470 g/mol. The van der Waals surface area contributed by atoms with Gasteiger partial charge in [-0.25, -0.2) is 9.59 Å². The van der Waals surface area contributed by atoms with E-state index in [2.05, 4.69) is 10.6 Å². The van der Waals surface area contributed by atoms with E-state index in [1.807, 2.05) is 13.8 Å². The Labute approximate surface area is 208 Å². The number of nitro groups is 1. The summed E-state index contributed by atoms with van der Waals surface area (Å²) >= 11 is 0. The third kappa shape index (κ3) is 9.24.